The molecule has 1 aromatic rings. The number of fused-ring (bicyclic) bond motifs is 1. The lowest BCUT2D eigenvalue weighted by atomic mass is 10.1. The molecule has 0 fully saturated rings. The van der Waals surface area contributed by atoms with Gasteiger partial charge in [0.1, 0.15) is 17.5 Å². The zero-order valence-corrected chi connectivity index (χ0v) is 12.9. The van der Waals surface area contributed by atoms with E-state index in [4.69, 9.17) is 9.47 Å². The van der Waals surface area contributed by atoms with Crippen LogP contribution in [0.3, 0.4) is 0 Å². The van der Waals surface area contributed by atoms with E-state index in [1.165, 1.54) is 0 Å². The van der Waals surface area contributed by atoms with Crippen LogP contribution in [0.25, 0.3) is 0 Å². The van der Waals surface area contributed by atoms with Gasteiger partial charge >= 0.3 is 6.09 Å². The number of benzene rings is 1. The number of amides is 1. The van der Waals surface area contributed by atoms with Crippen LogP contribution in [0.4, 0.5) is 4.79 Å². The molecule has 0 bridgehead atoms. The standard InChI is InChI=1S/C14H18BrNO3/c1-14(2,3)19-13(17)16-8-10-7-9-5-4-6-11(15)12(9)18-10/h4-6,10H,7-8H2,1-3H3,(H,16,17). The predicted octanol–water partition coefficient (Wildman–Crippen LogP) is 3.28. The van der Waals surface area contributed by atoms with Crippen LogP contribution >= 0.6 is 15.9 Å². The third kappa shape index (κ3) is 3.86. The van der Waals surface area contributed by atoms with Crippen LogP contribution in [0.2, 0.25) is 0 Å². The normalized spacial score (nSPS) is 17.6. The maximum absolute atomic E-state index is 11.6. The minimum Gasteiger partial charge on any atom is -0.487 e. The first-order valence-corrected chi connectivity index (χ1v) is 7.05. The van der Waals surface area contributed by atoms with Gasteiger partial charge in [-0.15, -0.1) is 0 Å². The molecule has 0 saturated heterocycles. The fraction of sp³-hybridized carbons (Fsp3) is 0.500. The molecule has 1 N–H and O–H groups in total. The summed E-state index contributed by atoms with van der Waals surface area (Å²) in [4.78, 5) is 11.6. The fourth-order valence-corrected chi connectivity index (χ4v) is 2.43. The average molecular weight is 328 g/mol. The summed E-state index contributed by atoms with van der Waals surface area (Å²) in [5.74, 6) is 0.874. The van der Waals surface area contributed by atoms with E-state index in [1.54, 1.807) is 0 Å². The van der Waals surface area contributed by atoms with Gasteiger partial charge in [0.15, 0.2) is 0 Å². The monoisotopic (exact) mass is 327 g/mol. The lowest BCUT2D eigenvalue weighted by molar-refractivity contribution is 0.0506. The van der Waals surface area contributed by atoms with E-state index in [2.05, 4.69) is 21.2 Å². The number of para-hydroxylation sites is 1. The number of hydrogen-bond donors (Lipinski definition) is 1. The van der Waals surface area contributed by atoms with Gasteiger partial charge in [0.25, 0.3) is 0 Å². The molecule has 1 unspecified atom stereocenters. The lowest BCUT2D eigenvalue weighted by Gasteiger charge is -2.20. The van der Waals surface area contributed by atoms with Gasteiger partial charge in [-0.25, -0.2) is 4.79 Å². The number of hydrogen-bond acceptors (Lipinski definition) is 3. The van der Waals surface area contributed by atoms with Crippen molar-refractivity contribution in [1.82, 2.24) is 5.32 Å². The highest BCUT2D eigenvalue weighted by Crippen LogP contribution is 2.35. The van der Waals surface area contributed by atoms with Crippen molar-refractivity contribution in [3.63, 3.8) is 0 Å². The molecule has 0 spiro atoms. The molecular weight excluding hydrogens is 310 g/mol. The Hall–Kier alpha value is -1.23. The molecule has 0 aliphatic carbocycles. The van der Waals surface area contributed by atoms with Gasteiger partial charge < -0.3 is 14.8 Å². The summed E-state index contributed by atoms with van der Waals surface area (Å²) in [5.41, 5.74) is 0.678. The van der Waals surface area contributed by atoms with Crippen LogP contribution in [0, 0.1) is 0 Å². The van der Waals surface area contributed by atoms with Crippen LogP contribution in [0.5, 0.6) is 5.75 Å². The van der Waals surface area contributed by atoms with Gasteiger partial charge in [0, 0.05) is 6.42 Å². The summed E-state index contributed by atoms with van der Waals surface area (Å²) < 4.78 is 11.9. The molecule has 1 aliphatic heterocycles. The minimum atomic E-state index is -0.480. The molecule has 104 valence electrons. The van der Waals surface area contributed by atoms with Crippen molar-refractivity contribution >= 4 is 22.0 Å². The summed E-state index contributed by atoms with van der Waals surface area (Å²) in [7, 11) is 0. The fourth-order valence-electron chi connectivity index (χ4n) is 1.93. The Morgan fingerprint density at radius 1 is 1.53 bits per heavy atom. The van der Waals surface area contributed by atoms with Gasteiger partial charge in [-0.2, -0.15) is 0 Å². The Bertz CT molecular complexity index is 482. The molecule has 0 radical (unpaired) electrons. The first-order valence-electron chi connectivity index (χ1n) is 6.26. The third-order valence-electron chi connectivity index (χ3n) is 2.65. The van der Waals surface area contributed by atoms with Crippen molar-refractivity contribution in [3.05, 3.63) is 28.2 Å². The highest BCUT2D eigenvalue weighted by molar-refractivity contribution is 9.10. The third-order valence-corrected chi connectivity index (χ3v) is 3.28. The summed E-state index contributed by atoms with van der Waals surface area (Å²) in [5, 5.41) is 2.73. The molecule has 1 heterocycles. The number of carbonyl (C=O) groups excluding carboxylic acids is 1. The predicted molar refractivity (Wildman–Crippen MR) is 76.5 cm³/mol. The van der Waals surface area contributed by atoms with Gasteiger partial charge in [0.05, 0.1) is 11.0 Å². The molecule has 5 heteroatoms. The Kier molecular flexibility index (Phi) is 4.04. The molecular formula is C14H18BrNO3. The van der Waals surface area contributed by atoms with Gasteiger partial charge in [0.2, 0.25) is 0 Å². The molecule has 0 aromatic heterocycles. The summed E-state index contributed by atoms with van der Waals surface area (Å²) in [6.07, 6.45) is 0.345. The summed E-state index contributed by atoms with van der Waals surface area (Å²) in [6.45, 7) is 5.96. The molecule has 4 nitrogen and oxygen atoms in total. The first kappa shape index (κ1) is 14.2. The molecule has 1 amide bonds. The molecule has 19 heavy (non-hydrogen) atoms. The van der Waals surface area contributed by atoms with Crippen LogP contribution < -0.4 is 10.1 Å². The summed E-state index contributed by atoms with van der Waals surface area (Å²) in [6, 6.07) is 5.96. The SMILES string of the molecule is CC(C)(C)OC(=O)NCC1Cc2cccc(Br)c2O1. The van der Waals surface area contributed by atoms with Gasteiger partial charge in [-0.1, -0.05) is 12.1 Å². The van der Waals surface area contributed by atoms with Crippen molar-refractivity contribution in [3.8, 4) is 5.75 Å². The highest BCUT2D eigenvalue weighted by Gasteiger charge is 2.25. The number of carbonyl (C=O) groups is 1. The first-order chi connectivity index (χ1) is 8.85. The largest absolute Gasteiger partial charge is 0.487 e. The number of alkyl carbamates (subject to hydrolysis) is 1. The smallest absolute Gasteiger partial charge is 0.407 e. The molecule has 1 atom stereocenters. The number of halogens is 1. The second-order valence-electron chi connectivity index (χ2n) is 5.55. The van der Waals surface area contributed by atoms with Crippen LogP contribution in [0.15, 0.2) is 22.7 Å². The van der Waals surface area contributed by atoms with Gasteiger partial charge in [-0.3, -0.25) is 0 Å². The van der Waals surface area contributed by atoms with E-state index < -0.39 is 11.7 Å². The Balaban J connectivity index is 1.85. The minimum absolute atomic E-state index is 0.0405. The average Bonchev–Trinajstić information content (AvgIpc) is 2.68. The maximum Gasteiger partial charge on any atom is 0.407 e. The number of rotatable bonds is 2. The van der Waals surface area contributed by atoms with Crippen LogP contribution in [0.1, 0.15) is 26.3 Å². The topological polar surface area (TPSA) is 47.6 Å². The van der Waals surface area contributed by atoms with Crippen molar-refractivity contribution in [1.29, 1.82) is 0 Å². The van der Waals surface area contributed by atoms with Crippen molar-refractivity contribution in [2.75, 3.05) is 6.54 Å². The van der Waals surface area contributed by atoms with Crippen LogP contribution in [-0.2, 0) is 11.2 Å². The summed E-state index contributed by atoms with van der Waals surface area (Å²) >= 11 is 3.46. The Morgan fingerprint density at radius 2 is 2.26 bits per heavy atom. The number of ether oxygens (including phenoxy) is 2. The molecule has 2 rings (SSSR count). The second kappa shape index (κ2) is 5.41. The molecule has 1 aliphatic rings. The Morgan fingerprint density at radius 3 is 2.89 bits per heavy atom. The zero-order chi connectivity index (χ0) is 14.0. The van der Waals surface area contributed by atoms with Crippen molar-refractivity contribution < 1.29 is 14.3 Å². The van der Waals surface area contributed by atoms with Crippen molar-refractivity contribution in [2.24, 2.45) is 0 Å². The van der Waals surface area contributed by atoms with Gasteiger partial charge in [-0.05, 0) is 48.3 Å². The lowest BCUT2D eigenvalue weighted by Crippen LogP contribution is -2.38. The maximum atomic E-state index is 11.6. The van der Waals surface area contributed by atoms with E-state index in [1.807, 2.05) is 39.0 Å². The molecule has 1 aromatic carbocycles. The van der Waals surface area contributed by atoms with Crippen LogP contribution in [-0.4, -0.2) is 24.3 Å². The van der Waals surface area contributed by atoms with Crippen molar-refractivity contribution in [2.45, 2.75) is 38.9 Å². The number of nitrogens with one attached hydrogen (secondary N) is 1. The van der Waals surface area contributed by atoms with E-state index in [-0.39, 0.29) is 6.10 Å². The zero-order valence-electron chi connectivity index (χ0n) is 11.3. The van der Waals surface area contributed by atoms with E-state index in [0.29, 0.717) is 6.54 Å². The van der Waals surface area contributed by atoms with E-state index in [0.717, 1.165) is 22.2 Å². The molecule has 0 saturated carbocycles. The second-order valence-corrected chi connectivity index (χ2v) is 6.41. The van der Waals surface area contributed by atoms with E-state index >= 15 is 0 Å². The quantitative estimate of drug-likeness (QED) is 0.906. The van der Waals surface area contributed by atoms with E-state index in [9.17, 15) is 4.79 Å². The highest BCUT2D eigenvalue weighted by atomic mass is 79.9. The Labute approximate surface area is 121 Å².